The molecule has 1 aromatic heterocycles. The van der Waals surface area contributed by atoms with Gasteiger partial charge in [0, 0.05) is 12.1 Å². The number of halogens is 4. The highest BCUT2D eigenvalue weighted by molar-refractivity contribution is 6.33. The number of methoxy groups -OCH3 is 1. The van der Waals surface area contributed by atoms with Gasteiger partial charge in [0.05, 0.1) is 23.4 Å². The summed E-state index contributed by atoms with van der Waals surface area (Å²) in [4.78, 5) is 4.23. The van der Waals surface area contributed by atoms with E-state index >= 15 is 0 Å². The maximum absolute atomic E-state index is 13.6. The van der Waals surface area contributed by atoms with Gasteiger partial charge in [0.15, 0.2) is 0 Å². The summed E-state index contributed by atoms with van der Waals surface area (Å²) in [6, 6.07) is 15.1. The van der Waals surface area contributed by atoms with Gasteiger partial charge in [-0.25, -0.2) is 4.98 Å². The van der Waals surface area contributed by atoms with E-state index in [1.807, 2.05) is 12.1 Å². The van der Waals surface area contributed by atoms with Gasteiger partial charge in [-0.1, -0.05) is 48.0 Å². The summed E-state index contributed by atoms with van der Waals surface area (Å²) in [6.45, 7) is 2.10. The molecule has 3 rings (SSSR count). The molecular formula is C21H18ClF3N2O. The largest absolute Gasteiger partial charge is 0.497 e. The van der Waals surface area contributed by atoms with Crippen molar-refractivity contribution >= 4 is 17.4 Å². The minimum atomic E-state index is -4.57. The predicted molar refractivity (Wildman–Crippen MR) is 105 cm³/mol. The van der Waals surface area contributed by atoms with Gasteiger partial charge in [-0.2, -0.15) is 13.2 Å². The molecule has 0 saturated carbocycles. The van der Waals surface area contributed by atoms with Crippen LogP contribution in [0.15, 0.2) is 54.6 Å². The van der Waals surface area contributed by atoms with E-state index in [2.05, 4.69) is 10.3 Å². The number of rotatable bonds is 5. The fourth-order valence-corrected chi connectivity index (χ4v) is 3.02. The number of pyridine rings is 1. The molecule has 0 saturated heterocycles. The Kier molecular flexibility index (Phi) is 5.79. The quantitative estimate of drug-likeness (QED) is 0.536. The van der Waals surface area contributed by atoms with Gasteiger partial charge in [-0.15, -0.1) is 0 Å². The van der Waals surface area contributed by atoms with Crippen molar-refractivity contribution in [2.75, 3.05) is 12.4 Å². The van der Waals surface area contributed by atoms with Gasteiger partial charge < -0.3 is 10.1 Å². The zero-order valence-corrected chi connectivity index (χ0v) is 16.0. The third-order valence-corrected chi connectivity index (χ3v) is 4.59. The van der Waals surface area contributed by atoms with E-state index in [-0.39, 0.29) is 16.5 Å². The van der Waals surface area contributed by atoms with Crippen LogP contribution in [0.2, 0.25) is 5.02 Å². The summed E-state index contributed by atoms with van der Waals surface area (Å²) in [5.41, 5.74) is 1.02. The van der Waals surface area contributed by atoms with Crippen LogP contribution in [0.4, 0.5) is 19.0 Å². The second-order valence-corrected chi connectivity index (χ2v) is 6.64. The van der Waals surface area contributed by atoms with Crippen LogP contribution in [0.5, 0.6) is 5.75 Å². The summed E-state index contributed by atoms with van der Waals surface area (Å²) in [7, 11) is 1.58. The monoisotopic (exact) mass is 406 g/mol. The number of aryl methyl sites for hydroxylation is 1. The van der Waals surface area contributed by atoms with E-state index in [4.69, 9.17) is 16.3 Å². The van der Waals surface area contributed by atoms with Gasteiger partial charge in [0.1, 0.15) is 11.6 Å². The average Bonchev–Trinajstić information content (AvgIpc) is 2.67. The molecule has 146 valence electrons. The molecule has 0 unspecified atom stereocenters. The molecule has 0 aliphatic rings. The molecule has 28 heavy (non-hydrogen) atoms. The lowest BCUT2D eigenvalue weighted by Gasteiger charge is -2.17. The third-order valence-electron chi connectivity index (χ3n) is 4.30. The fourth-order valence-electron chi connectivity index (χ4n) is 2.80. The topological polar surface area (TPSA) is 34.1 Å². The van der Waals surface area contributed by atoms with Gasteiger partial charge in [0.25, 0.3) is 0 Å². The number of anilines is 1. The highest BCUT2D eigenvalue weighted by atomic mass is 35.5. The van der Waals surface area contributed by atoms with Gasteiger partial charge >= 0.3 is 6.18 Å². The number of nitrogens with zero attached hydrogens (tertiary/aromatic N) is 1. The lowest BCUT2D eigenvalue weighted by Crippen LogP contribution is -2.11. The standard InChI is InChI=1S/C21H18ClF3N2O/c1-13-5-3-4-6-16(13)19-17(21(23,24)25)11-18(22)20(27-19)26-12-14-7-9-15(28-2)10-8-14/h3-11H,12H2,1-2H3,(H,26,27). The number of nitrogens with one attached hydrogen (secondary N) is 1. The fraction of sp³-hybridized carbons (Fsp3) is 0.190. The van der Waals surface area contributed by atoms with Crippen LogP contribution in [-0.4, -0.2) is 12.1 Å². The van der Waals surface area contributed by atoms with E-state index in [1.54, 1.807) is 50.4 Å². The first-order valence-corrected chi connectivity index (χ1v) is 8.88. The molecule has 0 atom stereocenters. The molecule has 0 radical (unpaired) electrons. The SMILES string of the molecule is COc1ccc(CNc2nc(-c3ccccc3C)c(C(F)(F)F)cc2Cl)cc1. The molecule has 0 bridgehead atoms. The van der Waals surface area contributed by atoms with Gasteiger partial charge in [-0.3, -0.25) is 0 Å². The maximum Gasteiger partial charge on any atom is 0.418 e. The van der Waals surface area contributed by atoms with Crippen LogP contribution in [-0.2, 0) is 12.7 Å². The molecule has 0 aliphatic heterocycles. The molecule has 1 N–H and O–H groups in total. The Morgan fingerprint density at radius 1 is 1.07 bits per heavy atom. The van der Waals surface area contributed by atoms with E-state index in [9.17, 15) is 13.2 Å². The summed E-state index contributed by atoms with van der Waals surface area (Å²) in [6.07, 6.45) is -4.57. The number of aromatic nitrogens is 1. The molecule has 3 nitrogen and oxygen atoms in total. The first kappa shape index (κ1) is 20.0. The Labute approximate surface area is 166 Å². The number of hydrogen-bond donors (Lipinski definition) is 1. The van der Waals surface area contributed by atoms with Crippen molar-refractivity contribution in [2.45, 2.75) is 19.6 Å². The zero-order chi connectivity index (χ0) is 20.3. The lowest BCUT2D eigenvalue weighted by molar-refractivity contribution is -0.137. The highest BCUT2D eigenvalue weighted by Crippen LogP contribution is 2.40. The normalized spacial score (nSPS) is 11.4. The predicted octanol–water partition coefficient (Wildman–Crippen LogP) is 6.35. The summed E-state index contributed by atoms with van der Waals surface area (Å²) in [5.74, 6) is 0.917. The molecule has 0 fully saturated rings. The zero-order valence-electron chi connectivity index (χ0n) is 15.3. The van der Waals surface area contributed by atoms with Crippen molar-refractivity contribution in [3.05, 3.63) is 76.3 Å². The maximum atomic E-state index is 13.6. The van der Waals surface area contributed by atoms with Crippen LogP contribution in [0.3, 0.4) is 0 Å². The minimum Gasteiger partial charge on any atom is -0.497 e. The average molecular weight is 407 g/mol. The number of alkyl halides is 3. The van der Waals surface area contributed by atoms with E-state index in [0.29, 0.717) is 17.7 Å². The van der Waals surface area contributed by atoms with E-state index in [0.717, 1.165) is 17.4 Å². The minimum absolute atomic E-state index is 0.0850. The van der Waals surface area contributed by atoms with Crippen LogP contribution in [0.25, 0.3) is 11.3 Å². The Morgan fingerprint density at radius 2 is 1.75 bits per heavy atom. The molecule has 3 aromatic rings. The molecule has 7 heteroatoms. The molecular weight excluding hydrogens is 389 g/mol. The van der Waals surface area contributed by atoms with Crippen LogP contribution < -0.4 is 10.1 Å². The van der Waals surface area contributed by atoms with Crippen LogP contribution in [0, 0.1) is 6.92 Å². The van der Waals surface area contributed by atoms with Crippen molar-refractivity contribution in [2.24, 2.45) is 0 Å². The Balaban J connectivity index is 1.98. The van der Waals surface area contributed by atoms with Crippen molar-refractivity contribution in [1.29, 1.82) is 0 Å². The first-order valence-electron chi connectivity index (χ1n) is 8.50. The lowest BCUT2D eigenvalue weighted by atomic mass is 10.0. The Morgan fingerprint density at radius 3 is 2.36 bits per heavy atom. The second-order valence-electron chi connectivity index (χ2n) is 6.23. The number of hydrogen-bond acceptors (Lipinski definition) is 3. The third kappa shape index (κ3) is 4.39. The molecule has 2 aromatic carbocycles. The van der Waals surface area contributed by atoms with Crippen molar-refractivity contribution in [3.8, 4) is 17.0 Å². The van der Waals surface area contributed by atoms with E-state index in [1.165, 1.54) is 0 Å². The summed E-state index contributed by atoms with van der Waals surface area (Å²) < 4.78 is 45.8. The highest BCUT2D eigenvalue weighted by Gasteiger charge is 2.36. The number of ether oxygens (including phenoxy) is 1. The summed E-state index contributed by atoms with van der Waals surface area (Å²) >= 11 is 6.10. The smallest absolute Gasteiger partial charge is 0.418 e. The molecule has 0 amide bonds. The van der Waals surface area contributed by atoms with Crippen molar-refractivity contribution in [3.63, 3.8) is 0 Å². The van der Waals surface area contributed by atoms with Gasteiger partial charge in [0.2, 0.25) is 0 Å². The summed E-state index contributed by atoms with van der Waals surface area (Å²) in [5, 5.41) is 2.94. The Bertz CT molecular complexity index is 972. The van der Waals surface area contributed by atoms with Crippen LogP contribution in [0.1, 0.15) is 16.7 Å². The van der Waals surface area contributed by atoms with Crippen LogP contribution >= 0.6 is 11.6 Å². The first-order chi connectivity index (χ1) is 13.3. The second kappa shape index (κ2) is 8.10. The molecule has 0 spiro atoms. The van der Waals surface area contributed by atoms with Crippen molar-refractivity contribution in [1.82, 2.24) is 4.98 Å². The Hall–Kier alpha value is -2.73. The molecule has 0 aliphatic carbocycles. The molecule has 1 heterocycles. The number of benzene rings is 2. The van der Waals surface area contributed by atoms with Gasteiger partial charge in [-0.05, 0) is 36.2 Å². The van der Waals surface area contributed by atoms with E-state index < -0.39 is 11.7 Å². The van der Waals surface area contributed by atoms with Crippen molar-refractivity contribution < 1.29 is 17.9 Å².